The van der Waals surface area contributed by atoms with Crippen molar-refractivity contribution in [1.29, 1.82) is 0 Å². The second-order valence-corrected chi connectivity index (χ2v) is 8.24. The molecule has 0 bridgehead atoms. The molecule has 0 unspecified atom stereocenters. The van der Waals surface area contributed by atoms with Crippen LogP contribution in [0.4, 0.5) is 0 Å². The zero-order valence-electron chi connectivity index (χ0n) is 11.3. The number of Topliss-reactive ketones (excluding diaryl/α,β-unsaturated/α-hetero) is 1. The van der Waals surface area contributed by atoms with Crippen LogP contribution >= 0.6 is 39.0 Å². The molecule has 2 aliphatic carbocycles. The average molecular weight is 384 g/mol. The molecule has 0 radical (unpaired) electrons. The molecule has 0 N–H and O–H groups in total. The minimum atomic E-state index is 0.153. The SMILES string of the molecule is O=C(CSc1nnc(C2CC2)n1C1CC1)c1sccc1Br. The number of aromatic nitrogens is 3. The molecule has 0 aliphatic heterocycles. The van der Waals surface area contributed by atoms with E-state index in [4.69, 9.17) is 0 Å². The Bertz CT molecular complexity index is 688. The van der Waals surface area contributed by atoms with E-state index >= 15 is 0 Å². The Hall–Kier alpha value is -0.660. The van der Waals surface area contributed by atoms with Gasteiger partial charge in [0.15, 0.2) is 10.9 Å². The molecule has 2 saturated carbocycles. The maximum absolute atomic E-state index is 12.3. The monoisotopic (exact) mass is 383 g/mol. The summed E-state index contributed by atoms with van der Waals surface area (Å²) in [6.07, 6.45) is 4.90. The lowest BCUT2D eigenvalue weighted by atomic mass is 10.3. The van der Waals surface area contributed by atoms with E-state index in [0.717, 1.165) is 20.3 Å². The van der Waals surface area contributed by atoms with Crippen molar-refractivity contribution in [2.45, 2.75) is 42.8 Å². The summed E-state index contributed by atoms with van der Waals surface area (Å²) in [4.78, 5) is 13.0. The normalized spacial score (nSPS) is 18.1. The van der Waals surface area contributed by atoms with Crippen LogP contribution in [0.5, 0.6) is 0 Å². The second kappa shape index (κ2) is 5.52. The third kappa shape index (κ3) is 2.83. The van der Waals surface area contributed by atoms with Crippen LogP contribution < -0.4 is 0 Å². The van der Waals surface area contributed by atoms with E-state index in [2.05, 4.69) is 30.7 Å². The number of hydrogen-bond acceptors (Lipinski definition) is 5. The predicted octanol–water partition coefficient (Wildman–Crippen LogP) is 4.29. The summed E-state index contributed by atoms with van der Waals surface area (Å²) >= 11 is 6.42. The third-order valence-corrected chi connectivity index (χ3v) is 6.57. The van der Waals surface area contributed by atoms with Crippen molar-refractivity contribution < 1.29 is 4.79 Å². The Balaban J connectivity index is 1.50. The van der Waals surface area contributed by atoms with E-state index in [9.17, 15) is 4.79 Å². The fraction of sp³-hybridized carbons (Fsp3) is 0.500. The van der Waals surface area contributed by atoms with E-state index in [1.165, 1.54) is 48.8 Å². The zero-order valence-corrected chi connectivity index (χ0v) is 14.5. The van der Waals surface area contributed by atoms with Crippen molar-refractivity contribution >= 4 is 44.8 Å². The number of nitrogens with zero attached hydrogens (tertiary/aromatic N) is 3. The maximum atomic E-state index is 12.3. The van der Waals surface area contributed by atoms with Gasteiger partial charge in [0, 0.05) is 16.4 Å². The summed E-state index contributed by atoms with van der Waals surface area (Å²) in [5.74, 6) is 2.33. The average Bonchev–Trinajstić information content (AvgIpc) is 3.40. The quantitative estimate of drug-likeness (QED) is 0.551. The lowest BCUT2D eigenvalue weighted by Gasteiger charge is -2.07. The molecule has 110 valence electrons. The highest BCUT2D eigenvalue weighted by molar-refractivity contribution is 9.10. The fourth-order valence-electron chi connectivity index (χ4n) is 2.37. The summed E-state index contributed by atoms with van der Waals surface area (Å²) in [5, 5.41) is 11.5. The molecule has 21 heavy (non-hydrogen) atoms. The number of carbonyl (C=O) groups excluding carboxylic acids is 1. The lowest BCUT2D eigenvalue weighted by molar-refractivity contribution is 0.102. The fourth-order valence-corrected chi connectivity index (χ4v) is 4.88. The minimum absolute atomic E-state index is 0.153. The molecule has 0 amide bonds. The van der Waals surface area contributed by atoms with E-state index in [0.29, 0.717) is 17.7 Å². The number of hydrogen-bond donors (Lipinski definition) is 0. The summed E-state index contributed by atoms with van der Waals surface area (Å²) in [7, 11) is 0. The first-order valence-electron chi connectivity index (χ1n) is 7.08. The van der Waals surface area contributed by atoms with Gasteiger partial charge >= 0.3 is 0 Å². The van der Waals surface area contributed by atoms with Gasteiger partial charge in [-0.05, 0) is 53.1 Å². The first-order chi connectivity index (χ1) is 10.2. The number of halogens is 1. The molecular weight excluding hydrogens is 370 g/mol. The van der Waals surface area contributed by atoms with Gasteiger partial charge in [-0.25, -0.2) is 0 Å². The smallest absolute Gasteiger partial charge is 0.191 e. The standard InChI is InChI=1S/C14H14BrN3OS2/c15-10-5-6-20-12(10)11(19)7-21-14-17-16-13(8-1-2-8)18(14)9-3-4-9/h5-6,8-9H,1-4,7H2. The number of ketones is 1. The first-order valence-corrected chi connectivity index (χ1v) is 9.73. The van der Waals surface area contributed by atoms with Crippen LogP contribution in [0.2, 0.25) is 0 Å². The summed E-state index contributed by atoms with van der Waals surface area (Å²) in [6.45, 7) is 0. The summed E-state index contributed by atoms with van der Waals surface area (Å²) in [6, 6.07) is 2.49. The lowest BCUT2D eigenvalue weighted by Crippen LogP contribution is -2.05. The van der Waals surface area contributed by atoms with Gasteiger partial charge in [-0.15, -0.1) is 21.5 Å². The molecule has 2 aliphatic rings. The maximum Gasteiger partial charge on any atom is 0.191 e. The minimum Gasteiger partial charge on any atom is -0.303 e. The number of carbonyl (C=O) groups is 1. The first kappa shape index (κ1) is 14.0. The van der Waals surface area contributed by atoms with Crippen molar-refractivity contribution in [3.63, 3.8) is 0 Å². The van der Waals surface area contributed by atoms with Gasteiger partial charge in [-0.1, -0.05) is 11.8 Å². The largest absolute Gasteiger partial charge is 0.303 e. The van der Waals surface area contributed by atoms with Crippen LogP contribution in [-0.4, -0.2) is 26.3 Å². The Kier molecular flexibility index (Phi) is 3.67. The molecule has 4 rings (SSSR count). The van der Waals surface area contributed by atoms with E-state index in [1.807, 2.05) is 11.4 Å². The molecule has 2 aromatic heterocycles. The Morgan fingerprint density at radius 3 is 2.81 bits per heavy atom. The molecule has 0 spiro atoms. The van der Waals surface area contributed by atoms with Gasteiger partial charge in [-0.3, -0.25) is 4.79 Å². The molecule has 0 atom stereocenters. The van der Waals surface area contributed by atoms with E-state index in [-0.39, 0.29) is 5.78 Å². The van der Waals surface area contributed by atoms with E-state index in [1.54, 1.807) is 0 Å². The van der Waals surface area contributed by atoms with Crippen LogP contribution in [0.25, 0.3) is 0 Å². The van der Waals surface area contributed by atoms with Crippen LogP contribution in [0.1, 0.15) is 53.1 Å². The van der Waals surface area contributed by atoms with Crippen LogP contribution in [0.3, 0.4) is 0 Å². The molecule has 2 fully saturated rings. The van der Waals surface area contributed by atoms with Gasteiger partial charge in [0.05, 0.1) is 10.6 Å². The van der Waals surface area contributed by atoms with Crippen molar-refractivity contribution in [1.82, 2.24) is 14.8 Å². The highest BCUT2D eigenvalue weighted by Crippen LogP contribution is 2.46. The van der Waals surface area contributed by atoms with Crippen LogP contribution in [-0.2, 0) is 0 Å². The van der Waals surface area contributed by atoms with Crippen molar-refractivity contribution in [3.05, 3.63) is 26.6 Å². The molecular formula is C14H14BrN3OS2. The Morgan fingerprint density at radius 1 is 1.38 bits per heavy atom. The Labute approximate surface area is 139 Å². The van der Waals surface area contributed by atoms with Gasteiger partial charge in [0.25, 0.3) is 0 Å². The van der Waals surface area contributed by atoms with Gasteiger partial charge < -0.3 is 4.57 Å². The number of rotatable bonds is 6. The van der Waals surface area contributed by atoms with E-state index < -0.39 is 0 Å². The van der Waals surface area contributed by atoms with Crippen molar-refractivity contribution in [2.24, 2.45) is 0 Å². The van der Waals surface area contributed by atoms with Gasteiger partial charge in [0.2, 0.25) is 0 Å². The van der Waals surface area contributed by atoms with Crippen LogP contribution in [0, 0.1) is 0 Å². The molecule has 0 saturated heterocycles. The molecule has 7 heteroatoms. The second-order valence-electron chi connectivity index (χ2n) is 5.53. The predicted molar refractivity (Wildman–Crippen MR) is 87.3 cm³/mol. The Morgan fingerprint density at radius 2 is 2.19 bits per heavy atom. The highest BCUT2D eigenvalue weighted by atomic mass is 79.9. The number of thiophene rings is 1. The molecule has 0 aromatic carbocycles. The van der Waals surface area contributed by atoms with Crippen molar-refractivity contribution in [3.8, 4) is 0 Å². The molecule has 2 aromatic rings. The topological polar surface area (TPSA) is 47.8 Å². The summed E-state index contributed by atoms with van der Waals surface area (Å²) < 4.78 is 3.18. The van der Waals surface area contributed by atoms with Gasteiger partial charge in [0.1, 0.15) is 5.82 Å². The zero-order chi connectivity index (χ0) is 14.4. The van der Waals surface area contributed by atoms with Crippen molar-refractivity contribution in [2.75, 3.05) is 5.75 Å². The highest BCUT2D eigenvalue weighted by Gasteiger charge is 2.36. The van der Waals surface area contributed by atoms with Crippen LogP contribution in [0.15, 0.2) is 21.1 Å². The third-order valence-electron chi connectivity index (χ3n) is 3.75. The van der Waals surface area contributed by atoms with Gasteiger partial charge in [-0.2, -0.15) is 0 Å². The molecule has 4 nitrogen and oxygen atoms in total. The summed E-state index contributed by atoms with van der Waals surface area (Å²) in [5.41, 5.74) is 0. The molecule has 2 heterocycles. The number of thioether (sulfide) groups is 1.